The zero-order valence-electron chi connectivity index (χ0n) is 12.1. The molecule has 2 aromatic rings. The first-order valence-corrected chi connectivity index (χ1v) is 7.64. The molecule has 0 unspecified atom stereocenters. The van der Waals surface area contributed by atoms with Gasteiger partial charge in [0, 0.05) is 10.2 Å². The number of carbonyl (C=O) groups excluding carboxylic acids is 2. The Bertz CT molecular complexity index is 641. The number of nitrogens with one attached hydrogen (secondary N) is 1. The highest BCUT2D eigenvalue weighted by Gasteiger charge is 2.18. The van der Waals surface area contributed by atoms with Crippen molar-refractivity contribution in [1.82, 2.24) is 0 Å². The molecule has 0 aliphatic heterocycles. The highest BCUT2D eigenvalue weighted by molar-refractivity contribution is 9.10. The van der Waals surface area contributed by atoms with Gasteiger partial charge < -0.3 is 10.1 Å². The van der Waals surface area contributed by atoms with Crippen molar-refractivity contribution in [2.45, 2.75) is 19.4 Å². The standard InChI is InChI=1S/C17H16BrNO3/c1-12(17(21)19-15-5-3-2-4-6-15)22-16(20)11-13-7-9-14(18)10-8-13/h2-10,12H,11H2,1H3,(H,19,21)/t12-/m0/s1. The normalized spacial score (nSPS) is 11.5. The number of para-hydroxylation sites is 1. The molecule has 0 radical (unpaired) electrons. The Hall–Kier alpha value is -2.14. The minimum absolute atomic E-state index is 0.135. The van der Waals surface area contributed by atoms with E-state index in [1.165, 1.54) is 0 Å². The van der Waals surface area contributed by atoms with Gasteiger partial charge in [0.05, 0.1) is 6.42 Å². The molecule has 1 amide bonds. The third-order valence-corrected chi connectivity index (χ3v) is 3.51. The van der Waals surface area contributed by atoms with E-state index in [0.717, 1.165) is 10.0 Å². The molecule has 1 atom stereocenters. The van der Waals surface area contributed by atoms with Gasteiger partial charge >= 0.3 is 5.97 Å². The van der Waals surface area contributed by atoms with Crippen LogP contribution in [-0.2, 0) is 20.7 Å². The smallest absolute Gasteiger partial charge is 0.311 e. The lowest BCUT2D eigenvalue weighted by Gasteiger charge is -2.13. The summed E-state index contributed by atoms with van der Waals surface area (Å²) in [6.07, 6.45) is -0.709. The Kier molecular flexibility index (Phi) is 5.72. The number of hydrogen-bond donors (Lipinski definition) is 1. The lowest BCUT2D eigenvalue weighted by atomic mass is 10.1. The quantitative estimate of drug-likeness (QED) is 0.828. The Morgan fingerprint density at radius 1 is 1.09 bits per heavy atom. The summed E-state index contributed by atoms with van der Waals surface area (Å²) in [6, 6.07) is 16.4. The van der Waals surface area contributed by atoms with Crippen LogP contribution >= 0.6 is 15.9 Å². The molecule has 0 saturated heterocycles. The van der Waals surface area contributed by atoms with Gasteiger partial charge in [0.2, 0.25) is 0 Å². The molecule has 0 bridgehead atoms. The third-order valence-electron chi connectivity index (χ3n) is 2.98. The number of benzene rings is 2. The molecule has 0 saturated carbocycles. The van der Waals surface area contributed by atoms with Crippen LogP contribution < -0.4 is 5.32 Å². The minimum atomic E-state index is -0.844. The molecule has 0 aliphatic carbocycles. The first kappa shape index (κ1) is 16.2. The fraction of sp³-hybridized carbons (Fsp3) is 0.176. The minimum Gasteiger partial charge on any atom is -0.452 e. The summed E-state index contributed by atoms with van der Waals surface area (Å²) in [5.41, 5.74) is 1.51. The zero-order chi connectivity index (χ0) is 15.9. The molecular formula is C17H16BrNO3. The van der Waals surface area contributed by atoms with Crippen LogP contribution in [0.15, 0.2) is 59.1 Å². The number of hydrogen-bond acceptors (Lipinski definition) is 3. The maximum absolute atomic E-state index is 12.0. The Morgan fingerprint density at radius 2 is 1.73 bits per heavy atom. The summed E-state index contributed by atoms with van der Waals surface area (Å²) in [5.74, 6) is -0.784. The van der Waals surface area contributed by atoms with Crippen molar-refractivity contribution >= 4 is 33.5 Å². The number of carbonyl (C=O) groups is 2. The molecule has 5 heteroatoms. The SMILES string of the molecule is C[C@H](OC(=O)Cc1ccc(Br)cc1)C(=O)Nc1ccccc1. The fourth-order valence-corrected chi connectivity index (χ4v) is 2.09. The van der Waals surface area contributed by atoms with Crippen LogP contribution in [0.25, 0.3) is 0 Å². The van der Waals surface area contributed by atoms with Crippen molar-refractivity contribution in [3.8, 4) is 0 Å². The lowest BCUT2D eigenvalue weighted by molar-refractivity contribution is -0.152. The van der Waals surface area contributed by atoms with Crippen molar-refractivity contribution in [2.24, 2.45) is 0 Å². The molecule has 2 rings (SSSR count). The van der Waals surface area contributed by atoms with E-state index in [0.29, 0.717) is 5.69 Å². The van der Waals surface area contributed by atoms with Crippen molar-refractivity contribution in [2.75, 3.05) is 5.32 Å². The predicted octanol–water partition coefficient (Wildman–Crippen LogP) is 3.56. The van der Waals surface area contributed by atoms with Crippen LogP contribution in [0.2, 0.25) is 0 Å². The summed E-state index contributed by atoms with van der Waals surface area (Å²) in [7, 11) is 0. The van der Waals surface area contributed by atoms with Gasteiger partial charge in [-0.2, -0.15) is 0 Å². The summed E-state index contributed by atoms with van der Waals surface area (Å²) in [5, 5.41) is 2.70. The summed E-state index contributed by atoms with van der Waals surface area (Å²) < 4.78 is 6.10. The third kappa shape index (κ3) is 5.00. The van der Waals surface area contributed by atoms with E-state index in [4.69, 9.17) is 4.74 Å². The van der Waals surface area contributed by atoms with E-state index in [2.05, 4.69) is 21.2 Å². The van der Waals surface area contributed by atoms with E-state index in [9.17, 15) is 9.59 Å². The molecular weight excluding hydrogens is 346 g/mol. The molecule has 114 valence electrons. The summed E-state index contributed by atoms with van der Waals surface area (Å²) >= 11 is 3.33. The number of halogens is 1. The average Bonchev–Trinajstić information content (AvgIpc) is 2.50. The van der Waals surface area contributed by atoms with Crippen LogP contribution in [-0.4, -0.2) is 18.0 Å². The topological polar surface area (TPSA) is 55.4 Å². The van der Waals surface area contributed by atoms with E-state index >= 15 is 0 Å². The predicted molar refractivity (Wildman–Crippen MR) is 88.5 cm³/mol. The van der Waals surface area contributed by atoms with Gasteiger partial charge in [-0.1, -0.05) is 46.3 Å². The van der Waals surface area contributed by atoms with Crippen molar-refractivity contribution in [3.05, 3.63) is 64.6 Å². The molecule has 22 heavy (non-hydrogen) atoms. The first-order chi connectivity index (χ1) is 10.5. The number of amides is 1. The molecule has 0 spiro atoms. The van der Waals surface area contributed by atoms with Crippen LogP contribution in [0.5, 0.6) is 0 Å². The summed E-state index contributed by atoms with van der Waals surface area (Å²) in [4.78, 5) is 23.8. The monoisotopic (exact) mass is 361 g/mol. The van der Waals surface area contributed by atoms with Gasteiger partial charge in [-0.05, 0) is 36.8 Å². The van der Waals surface area contributed by atoms with E-state index in [1.807, 2.05) is 42.5 Å². The highest BCUT2D eigenvalue weighted by atomic mass is 79.9. The molecule has 0 fully saturated rings. The van der Waals surface area contributed by atoms with E-state index in [1.54, 1.807) is 19.1 Å². The van der Waals surface area contributed by atoms with Gasteiger partial charge in [-0.25, -0.2) is 0 Å². The Balaban J connectivity index is 1.85. The molecule has 0 aromatic heterocycles. The van der Waals surface area contributed by atoms with Gasteiger partial charge in [0.25, 0.3) is 5.91 Å². The molecule has 0 aliphatic rings. The second-order valence-corrected chi connectivity index (χ2v) is 5.71. The zero-order valence-corrected chi connectivity index (χ0v) is 13.7. The van der Waals surface area contributed by atoms with Crippen molar-refractivity contribution in [3.63, 3.8) is 0 Å². The molecule has 1 N–H and O–H groups in total. The first-order valence-electron chi connectivity index (χ1n) is 6.84. The van der Waals surface area contributed by atoms with Gasteiger partial charge in [0.1, 0.15) is 0 Å². The number of rotatable bonds is 5. The lowest BCUT2D eigenvalue weighted by Crippen LogP contribution is -2.30. The average molecular weight is 362 g/mol. The number of esters is 1. The number of anilines is 1. The Labute approximate surface area is 137 Å². The maximum Gasteiger partial charge on any atom is 0.311 e. The second-order valence-electron chi connectivity index (χ2n) is 4.79. The van der Waals surface area contributed by atoms with Crippen molar-refractivity contribution in [1.29, 1.82) is 0 Å². The van der Waals surface area contributed by atoms with Crippen LogP contribution in [0, 0.1) is 0 Å². The van der Waals surface area contributed by atoms with Crippen LogP contribution in [0.3, 0.4) is 0 Å². The molecule has 2 aromatic carbocycles. The fourth-order valence-electron chi connectivity index (χ4n) is 1.83. The molecule has 0 heterocycles. The van der Waals surface area contributed by atoms with E-state index in [-0.39, 0.29) is 12.3 Å². The van der Waals surface area contributed by atoms with Crippen molar-refractivity contribution < 1.29 is 14.3 Å². The van der Waals surface area contributed by atoms with Gasteiger partial charge in [-0.3, -0.25) is 9.59 Å². The van der Waals surface area contributed by atoms with Crippen LogP contribution in [0.4, 0.5) is 5.69 Å². The largest absolute Gasteiger partial charge is 0.452 e. The Morgan fingerprint density at radius 3 is 2.36 bits per heavy atom. The highest BCUT2D eigenvalue weighted by Crippen LogP contribution is 2.12. The number of ether oxygens (including phenoxy) is 1. The maximum atomic E-state index is 12.0. The van der Waals surface area contributed by atoms with Gasteiger partial charge in [-0.15, -0.1) is 0 Å². The van der Waals surface area contributed by atoms with Gasteiger partial charge in [0.15, 0.2) is 6.10 Å². The summed E-state index contributed by atoms with van der Waals surface area (Å²) in [6.45, 7) is 1.55. The van der Waals surface area contributed by atoms with E-state index < -0.39 is 12.1 Å². The molecule has 4 nitrogen and oxygen atoms in total. The second kappa shape index (κ2) is 7.75. The van der Waals surface area contributed by atoms with Crippen LogP contribution in [0.1, 0.15) is 12.5 Å².